The molecule has 0 bridgehead atoms. The van der Waals surface area contributed by atoms with Crippen molar-refractivity contribution in [3.05, 3.63) is 50.7 Å². The van der Waals surface area contributed by atoms with Crippen LogP contribution in [0.2, 0.25) is 4.34 Å². The number of hydrogen-bond acceptors (Lipinski definition) is 8. The second kappa shape index (κ2) is 9.21. The molecule has 3 aromatic rings. The summed E-state index contributed by atoms with van der Waals surface area (Å²) >= 11 is 8.18. The van der Waals surface area contributed by atoms with Crippen LogP contribution in [0.3, 0.4) is 0 Å². The number of amides is 1. The van der Waals surface area contributed by atoms with E-state index in [1.807, 2.05) is 0 Å². The molecule has 1 fully saturated rings. The van der Waals surface area contributed by atoms with Crippen molar-refractivity contribution in [3.63, 3.8) is 0 Å². The molecule has 8 nitrogen and oxygen atoms in total. The maximum Gasteiger partial charge on any atom is 0.286 e. The first-order valence-corrected chi connectivity index (χ1v) is 12.9. The molecule has 1 aliphatic heterocycles. The average molecular weight is 499 g/mol. The van der Waals surface area contributed by atoms with E-state index in [1.165, 1.54) is 21.7 Å². The first-order valence-electron chi connectivity index (χ1n) is 9.41. The van der Waals surface area contributed by atoms with Gasteiger partial charge in [-0.1, -0.05) is 22.9 Å². The molecule has 0 unspecified atom stereocenters. The fourth-order valence-corrected chi connectivity index (χ4v) is 7.27. The van der Waals surface area contributed by atoms with E-state index in [4.69, 9.17) is 16.3 Å². The Morgan fingerprint density at radius 3 is 2.45 bits per heavy atom. The summed E-state index contributed by atoms with van der Waals surface area (Å²) in [6.45, 7) is 0.769. The third-order valence-corrected chi connectivity index (χ3v) is 9.61. The normalized spacial score (nSPS) is 15.7. The topological polar surface area (TPSA) is 101 Å². The van der Waals surface area contributed by atoms with E-state index in [9.17, 15) is 13.2 Å². The van der Waals surface area contributed by atoms with Crippen LogP contribution in [0.4, 0.5) is 5.69 Å². The van der Waals surface area contributed by atoms with E-state index < -0.39 is 10.0 Å². The fourth-order valence-electron chi connectivity index (χ4n) is 3.26. The summed E-state index contributed by atoms with van der Waals surface area (Å²) in [4.78, 5) is 12.5. The number of ether oxygens (including phenoxy) is 1. The lowest BCUT2D eigenvalue weighted by atomic mass is 9.99. The van der Waals surface area contributed by atoms with Gasteiger partial charge in [0.05, 0.1) is 11.4 Å². The summed E-state index contributed by atoms with van der Waals surface area (Å²) in [6, 6.07) is 10.1. The van der Waals surface area contributed by atoms with Gasteiger partial charge in [-0.15, -0.1) is 21.5 Å². The molecule has 1 N–H and O–H groups in total. The number of carbonyl (C=O) groups is 1. The molecule has 0 atom stereocenters. The third kappa shape index (κ3) is 4.90. The molecule has 0 saturated carbocycles. The summed E-state index contributed by atoms with van der Waals surface area (Å²) in [7, 11) is -1.96. The highest BCUT2D eigenvalue weighted by Crippen LogP contribution is 2.34. The van der Waals surface area contributed by atoms with Crippen molar-refractivity contribution in [1.82, 2.24) is 14.5 Å². The fraction of sp³-hybridized carbons (Fsp3) is 0.316. The number of rotatable bonds is 6. The summed E-state index contributed by atoms with van der Waals surface area (Å²) in [5.41, 5.74) is 0.634. The molecule has 164 valence electrons. The molecular formula is C19H19ClN4O4S3. The molecular weight excluding hydrogens is 480 g/mol. The number of aromatic nitrogens is 2. The maximum absolute atomic E-state index is 12.7. The van der Waals surface area contributed by atoms with Crippen molar-refractivity contribution in [2.45, 2.75) is 23.0 Å². The average Bonchev–Trinajstić information content (AvgIpc) is 3.44. The number of halogens is 1. The number of hydrogen-bond donors (Lipinski definition) is 1. The molecule has 2 aromatic heterocycles. The molecule has 3 heterocycles. The van der Waals surface area contributed by atoms with Crippen molar-refractivity contribution in [1.29, 1.82) is 0 Å². The first-order chi connectivity index (χ1) is 14.9. The van der Waals surface area contributed by atoms with Gasteiger partial charge in [-0.2, -0.15) is 4.31 Å². The first kappa shape index (κ1) is 22.2. The van der Waals surface area contributed by atoms with E-state index in [2.05, 4.69) is 15.5 Å². The van der Waals surface area contributed by atoms with Crippen LogP contribution in [0, 0.1) is 0 Å². The van der Waals surface area contributed by atoms with Crippen LogP contribution in [-0.4, -0.2) is 49.0 Å². The zero-order valence-electron chi connectivity index (χ0n) is 16.4. The molecule has 1 aromatic carbocycles. The Bertz CT molecular complexity index is 1170. The molecule has 1 aliphatic rings. The number of sulfonamides is 1. The predicted octanol–water partition coefficient (Wildman–Crippen LogP) is 4.08. The van der Waals surface area contributed by atoms with E-state index in [0.29, 0.717) is 41.7 Å². The Labute approximate surface area is 192 Å². The second-order valence-corrected chi connectivity index (χ2v) is 11.8. The van der Waals surface area contributed by atoms with E-state index in [-0.39, 0.29) is 21.0 Å². The zero-order chi connectivity index (χ0) is 22.0. The van der Waals surface area contributed by atoms with Gasteiger partial charge in [0.2, 0.25) is 5.01 Å². The number of methoxy groups -OCH3 is 1. The Kier molecular flexibility index (Phi) is 6.58. The smallest absolute Gasteiger partial charge is 0.286 e. The second-order valence-electron chi connectivity index (χ2n) is 6.86. The molecule has 0 spiro atoms. The van der Waals surface area contributed by atoms with E-state index >= 15 is 0 Å². The van der Waals surface area contributed by atoms with Crippen molar-refractivity contribution in [2.24, 2.45) is 0 Å². The van der Waals surface area contributed by atoms with Crippen LogP contribution in [0.5, 0.6) is 5.75 Å². The highest BCUT2D eigenvalue weighted by molar-refractivity contribution is 7.91. The van der Waals surface area contributed by atoms with Crippen molar-refractivity contribution >= 4 is 55.9 Å². The van der Waals surface area contributed by atoms with Gasteiger partial charge in [0, 0.05) is 24.7 Å². The number of nitrogens with one attached hydrogen (secondary N) is 1. The minimum absolute atomic E-state index is 0.0680. The number of nitrogens with zero attached hydrogens (tertiary/aromatic N) is 3. The monoisotopic (exact) mass is 498 g/mol. The van der Waals surface area contributed by atoms with Gasteiger partial charge in [-0.3, -0.25) is 4.79 Å². The molecule has 0 aliphatic carbocycles. The summed E-state index contributed by atoms with van der Waals surface area (Å²) in [6.07, 6.45) is 1.24. The third-order valence-electron chi connectivity index (χ3n) is 4.93. The van der Waals surface area contributed by atoms with Crippen LogP contribution in [0.25, 0.3) is 0 Å². The highest BCUT2D eigenvalue weighted by atomic mass is 35.5. The van der Waals surface area contributed by atoms with Crippen molar-refractivity contribution in [3.8, 4) is 5.75 Å². The molecule has 1 amide bonds. The van der Waals surface area contributed by atoms with Crippen molar-refractivity contribution < 1.29 is 17.9 Å². The van der Waals surface area contributed by atoms with Gasteiger partial charge in [0.15, 0.2) is 0 Å². The Balaban J connectivity index is 1.37. The minimum Gasteiger partial charge on any atom is -0.497 e. The number of piperidine rings is 1. The van der Waals surface area contributed by atoms with Gasteiger partial charge in [-0.25, -0.2) is 8.42 Å². The molecule has 0 radical (unpaired) electrons. The quantitative estimate of drug-likeness (QED) is 0.549. The summed E-state index contributed by atoms with van der Waals surface area (Å²) in [5, 5.41) is 12.0. The molecule has 1 saturated heterocycles. The number of benzene rings is 1. The SMILES string of the molecule is COc1ccc(NC(=O)c2nnc(C3CCN(S(=O)(=O)c4ccc(Cl)s4)CC3)s2)cc1. The van der Waals surface area contributed by atoms with Gasteiger partial charge in [-0.05, 0) is 49.2 Å². The van der Waals surface area contributed by atoms with E-state index in [0.717, 1.165) is 16.3 Å². The maximum atomic E-state index is 12.7. The Morgan fingerprint density at radius 2 is 1.84 bits per heavy atom. The molecule has 4 rings (SSSR count). The lowest BCUT2D eigenvalue weighted by Crippen LogP contribution is -2.37. The number of carbonyl (C=O) groups excluding carboxylic acids is 1. The van der Waals surface area contributed by atoms with E-state index in [1.54, 1.807) is 37.4 Å². The highest BCUT2D eigenvalue weighted by Gasteiger charge is 2.32. The summed E-state index contributed by atoms with van der Waals surface area (Å²) < 4.78 is 32.8. The Hall–Kier alpha value is -2.05. The van der Waals surface area contributed by atoms with Crippen LogP contribution < -0.4 is 10.1 Å². The zero-order valence-corrected chi connectivity index (χ0v) is 19.7. The largest absolute Gasteiger partial charge is 0.497 e. The van der Waals surface area contributed by atoms with Crippen molar-refractivity contribution in [2.75, 3.05) is 25.5 Å². The number of thiophene rings is 1. The predicted molar refractivity (Wildman–Crippen MR) is 121 cm³/mol. The van der Waals surface area contributed by atoms with Gasteiger partial charge >= 0.3 is 0 Å². The molecule has 31 heavy (non-hydrogen) atoms. The van der Waals surface area contributed by atoms with Crippen LogP contribution in [-0.2, 0) is 10.0 Å². The van der Waals surface area contributed by atoms with Crippen LogP contribution >= 0.6 is 34.3 Å². The molecule has 12 heteroatoms. The van der Waals surface area contributed by atoms with Crippen LogP contribution in [0.15, 0.2) is 40.6 Å². The van der Waals surface area contributed by atoms with Gasteiger partial charge in [0.1, 0.15) is 15.0 Å². The Morgan fingerprint density at radius 1 is 1.13 bits per heavy atom. The minimum atomic E-state index is -3.53. The summed E-state index contributed by atoms with van der Waals surface area (Å²) in [5.74, 6) is 0.439. The lowest BCUT2D eigenvalue weighted by molar-refractivity contribution is 0.102. The van der Waals surface area contributed by atoms with Gasteiger partial charge in [0.25, 0.3) is 15.9 Å². The number of anilines is 1. The van der Waals surface area contributed by atoms with Crippen LogP contribution in [0.1, 0.15) is 33.6 Å². The lowest BCUT2D eigenvalue weighted by Gasteiger charge is -2.29. The van der Waals surface area contributed by atoms with Gasteiger partial charge < -0.3 is 10.1 Å². The standard InChI is InChI=1S/C19H19ClN4O4S3/c1-28-14-4-2-13(3-5-14)21-17(25)19-23-22-18(30-19)12-8-10-24(11-9-12)31(26,27)16-7-6-15(20)29-16/h2-7,12H,8-11H2,1H3,(H,21,25).